The molecule has 1 aromatic carbocycles. The Morgan fingerprint density at radius 3 is 2.48 bits per heavy atom. The van der Waals surface area contributed by atoms with Crippen LogP contribution in [0.15, 0.2) is 79.5 Å². The van der Waals surface area contributed by atoms with Crippen molar-refractivity contribution in [2.45, 2.75) is 0 Å². The van der Waals surface area contributed by atoms with Crippen LogP contribution in [0.1, 0.15) is 0 Å². The van der Waals surface area contributed by atoms with E-state index >= 15 is 0 Å². The SMILES string of the molecule is Clc1cccc(-c2nn3cnccc3c2-c2ccc(Nc3ncccn3)cc2)n1. The van der Waals surface area contributed by atoms with E-state index in [0.29, 0.717) is 16.8 Å². The van der Waals surface area contributed by atoms with Gasteiger partial charge in [0, 0.05) is 29.8 Å². The molecule has 1 N–H and O–H groups in total. The van der Waals surface area contributed by atoms with Crippen molar-refractivity contribution in [3.05, 3.63) is 84.7 Å². The van der Waals surface area contributed by atoms with Gasteiger partial charge >= 0.3 is 0 Å². The Hall–Kier alpha value is -3.84. The monoisotopic (exact) mass is 399 g/mol. The Morgan fingerprint density at radius 1 is 0.862 bits per heavy atom. The minimum atomic E-state index is 0.422. The largest absolute Gasteiger partial charge is 0.324 e. The molecule has 5 aromatic rings. The Labute approximate surface area is 171 Å². The minimum Gasteiger partial charge on any atom is -0.324 e. The number of pyridine rings is 1. The molecule has 0 saturated carbocycles. The average Bonchev–Trinajstić information content (AvgIpc) is 3.15. The first-order chi connectivity index (χ1) is 14.3. The second-order valence-corrected chi connectivity index (χ2v) is 6.64. The maximum Gasteiger partial charge on any atom is 0.227 e. The predicted molar refractivity (Wildman–Crippen MR) is 112 cm³/mol. The molecule has 0 aliphatic rings. The molecule has 0 aliphatic heterocycles. The van der Waals surface area contributed by atoms with Gasteiger partial charge < -0.3 is 5.32 Å². The number of anilines is 2. The molecule has 0 fully saturated rings. The summed E-state index contributed by atoms with van der Waals surface area (Å²) in [5, 5.41) is 8.29. The number of nitrogens with one attached hydrogen (secondary N) is 1. The molecule has 140 valence electrons. The first-order valence-corrected chi connectivity index (χ1v) is 9.25. The Kier molecular flexibility index (Phi) is 4.34. The summed E-state index contributed by atoms with van der Waals surface area (Å²) in [5.41, 5.74) is 5.24. The van der Waals surface area contributed by atoms with Crippen LogP contribution in [0.25, 0.3) is 28.0 Å². The molecular formula is C21H14ClN7. The van der Waals surface area contributed by atoms with Crippen molar-refractivity contribution in [1.29, 1.82) is 0 Å². The van der Waals surface area contributed by atoms with Gasteiger partial charge in [0.2, 0.25) is 5.95 Å². The number of aromatic nitrogens is 6. The minimum absolute atomic E-state index is 0.422. The zero-order chi connectivity index (χ0) is 19.6. The maximum atomic E-state index is 6.11. The molecule has 4 heterocycles. The zero-order valence-corrected chi connectivity index (χ0v) is 15.8. The fourth-order valence-corrected chi connectivity index (χ4v) is 3.29. The van der Waals surface area contributed by atoms with Crippen molar-refractivity contribution < 1.29 is 0 Å². The van der Waals surface area contributed by atoms with Crippen LogP contribution >= 0.6 is 11.6 Å². The van der Waals surface area contributed by atoms with Gasteiger partial charge in [-0.3, -0.25) is 0 Å². The van der Waals surface area contributed by atoms with Gasteiger partial charge in [0.25, 0.3) is 0 Å². The molecule has 0 unspecified atom stereocenters. The first-order valence-electron chi connectivity index (χ1n) is 8.88. The van der Waals surface area contributed by atoms with Crippen molar-refractivity contribution in [2.75, 3.05) is 5.32 Å². The van der Waals surface area contributed by atoms with E-state index in [-0.39, 0.29) is 0 Å². The quantitative estimate of drug-likeness (QED) is 0.443. The van der Waals surface area contributed by atoms with Gasteiger partial charge in [-0.25, -0.2) is 24.5 Å². The fourth-order valence-electron chi connectivity index (χ4n) is 3.13. The van der Waals surface area contributed by atoms with Crippen LogP contribution in [0.5, 0.6) is 0 Å². The number of nitrogens with zero attached hydrogens (tertiary/aromatic N) is 6. The molecule has 0 bridgehead atoms. The highest BCUT2D eigenvalue weighted by Crippen LogP contribution is 2.35. The summed E-state index contributed by atoms with van der Waals surface area (Å²) in [4.78, 5) is 17.0. The number of halogens is 1. The summed E-state index contributed by atoms with van der Waals surface area (Å²) < 4.78 is 1.75. The number of hydrogen-bond donors (Lipinski definition) is 1. The second-order valence-electron chi connectivity index (χ2n) is 6.25. The average molecular weight is 400 g/mol. The van der Waals surface area contributed by atoms with E-state index in [0.717, 1.165) is 28.0 Å². The Bertz CT molecular complexity index is 1280. The van der Waals surface area contributed by atoms with Crippen molar-refractivity contribution in [2.24, 2.45) is 0 Å². The second kappa shape index (κ2) is 7.29. The summed E-state index contributed by atoms with van der Waals surface area (Å²) in [6.07, 6.45) is 6.82. The molecule has 0 atom stereocenters. The molecular weight excluding hydrogens is 386 g/mol. The van der Waals surface area contributed by atoms with Crippen molar-refractivity contribution >= 4 is 28.8 Å². The summed E-state index contributed by atoms with van der Waals surface area (Å²) >= 11 is 6.11. The van der Waals surface area contributed by atoms with E-state index in [1.165, 1.54) is 0 Å². The van der Waals surface area contributed by atoms with E-state index in [9.17, 15) is 0 Å². The molecule has 0 aliphatic carbocycles. The Balaban J connectivity index is 1.60. The van der Waals surface area contributed by atoms with Crippen molar-refractivity contribution in [3.63, 3.8) is 0 Å². The topological polar surface area (TPSA) is 80.9 Å². The van der Waals surface area contributed by atoms with E-state index < -0.39 is 0 Å². The van der Waals surface area contributed by atoms with Gasteiger partial charge in [0.15, 0.2) is 0 Å². The van der Waals surface area contributed by atoms with Gasteiger partial charge in [-0.15, -0.1) is 0 Å². The molecule has 5 rings (SSSR count). The lowest BCUT2D eigenvalue weighted by Crippen LogP contribution is -1.95. The highest BCUT2D eigenvalue weighted by molar-refractivity contribution is 6.29. The predicted octanol–water partition coefficient (Wildman–Crippen LogP) is 4.65. The molecule has 0 amide bonds. The Morgan fingerprint density at radius 2 is 1.69 bits per heavy atom. The standard InChI is InChI=1S/C21H14ClN7/c22-18-4-1-3-16(27-18)20-19(17-9-12-23-13-29(17)28-20)14-5-7-15(8-6-14)26-21-24-10-2-11-25-21/h1-13H,(H,24,25,26). The van der Waals surface area contributed by atoms with Crippen molar-refractivity contribution in [1.82, 2.24) is 29.5 Å². The summed E-state index contributed by atoms with van der Waals surface area (Å²) in [6, 6.07) is 17.2. The van der Waals surface area contributed by atoms with E-state index in [1.54, 1.807) is 41.6 Å². The third kappa shape index (κ3) is 3.39. The third-order valence-electron chi connectivity index (χ3n) is 4.40. The number of rotatable bonds is 4. The highest BCUT2D eigenvalue weighted by Gasteiger charge is 2.17. The lowest BCUT2D eigenvalue weighted by atomic mass is 10.0. The number of benzene rings is 1. The molecule has 4 aromatic heterocycles. The zero-order valence-electron chi connectivity index (χ0n) is 15.1. The van der Waals surface area contributed by atoms with E-state index in [1.807, 2.05) is 42.5 Å². The fraction of sp³-hybridized carbons (Fsp3) is 0. The normalized spacial score (nSPS) is 10.9. The van der Waals surface area contributed by atoms with Crippen LogP contribution in [0.4, 0.5) is 11.6 Å². The van der Waals surface area contributed by atoms with Crippen molar-refractivity contribution in [3.8, 4) is 22.5 Å². The number of hydrogen-bond acceptors (Lipinski definition) is 6. The molecule has 0 saturated heterocycles. The number of fused-ring (bicyclic) bond motifs is 1. The summed E-state index contributed by atoms with van der Waals surface area (Å²) in [5.74, 6) is 0.547. The van der Waals surface area contributed by atoms with Gasteiger partial charge in [0.1, 0.15) is 17.2 Å². The molecule has 8 heteroatoms. The van der Waals surface area contributed by atoms with E-state index in [2.05, 4.69) is 30.4 Å². The highest BCUT2D eigenvalue weighted by atomic mass is 35.5. The van der Waals surface area contributed by atoms with Crippen LogP contribution in [0.2, 0.25) is 5.15 Å². The summed E-state index contributed by atoms with van der Waals surface area (Å²) in [6.45, 7) is 0. The van der Waals surface area contributed by atoms with Crippen LogP contribution < -0.4 is 5.32 Å². The first kappa shape index (κ1) is 17.3. The third-order valence-corrected chi connectivity index (χ3v) is 4.61. The molecule has 29 heavy (non-hydrogen) atoms. The maximum absolute atomic E-state index is 6.11. The smallest absolute Gasteiger partial charge is 0.227 e. The molecule has 0 spiro atoms. The van der Waals surface area contributed by atoms with Crippen LogP contribution in [-0.2, 0) is 0 Å². The van der Waals surface area contributed by atoms with Gasteiger partial charge in [-0.1, -0.05) is 29.8 Å². The van der Waals surface area contributed by atoms with Crippen LogP contribution in [0.3, 0.4) is 0 Å². The van der Waals surface area contributed by atoms with Gasteiger partial charge in [-0.05, 0) is 42.0 Å². The summed E-state index contributed by atoms with van der Waals surface area (Å²) in [7, 11) is 0. The van der Waals surface area contributed by atoms with Gasteiger partial charge in [0.05, 0.1) is 11.2 Å². The lowest BCUT2D eigenvalue weighted by molar-refractivity contribution is 0.923. The van der Waals surface area contributed by atoms with E-state index in [4.69, 9.17) is 11.6 Å². The van der Waals surface area contributed by atoms with Gasteiger partial charge in [-0.2, -0.15) is 5.10 Å². The molecule has 0 radical (unpaired) electrons. The van der Waals surface area contributed by atoms with Crippen LogP contribution in [0, 0.1) is 0 Å². The molecule has 7 nitrogen and oxygen atoms in total. The lowest BCUT2D eigenvalue weighted by Gasteiger charge is -2.07. The van der Waals surface area contributed by atoms with Crippen LogP contribution in [-0.4, -0.2) is 29.5 Å².